The summed E-state index contributed by atoms with van der Waals surface area (Å²) in [5.41, 5.74) is 3.16. The van der Waals surface area contributed by atoms with Crippen LogP contribution in [0.25, 0.3) is 5.57 Å². The first-order valence-corrected chi connectivity index (χ1v) is 12.5. The maximum absolute atomic E-state index is 13.0. The summed E-state index contributed by atoms with van der Waals surface area (Å²) in [7, 11) is 3.23. The molecule has 172 valence electrons. The Kier molecular flexibility index (Phi) is 6.84. The van der Waals surface area contributed by atoms with Crippen molar-refractivity contribution < 1.29 is 28.5 Å². The van der Waals surface area contributed by atoms with Gasteiger partial charge in [0.25, 0.3) is 0 Å². The Hall–Kier alpha value is -2.41. The summed E-state index contributed by atoms with van der Waals surface area (Å²) in [4.78, 5) is 25.6. The molecule has 1 fully saturated rings. The first-order valence-electron chi connectivity index (χ1n) is 11.1. The highest BCUT2D eigenvalue weighted by Gasteiger charge is 2.41. The molecule has 1 aliphatic heterocycles. The molecule has 2 atom stereocenters. The van der Waals surface area contributed by atoms with E-state index in [2.05, 4.69) is 0 Å². The van der Waals surface area contributed by atoms with Crippen LogP contribution in [-0.2, 0) is 14.3 Å². The molecule has 0 bridgehead atoms. The second kappa shape index (κ2) is 9.61. The fraction of sp³-hybridized carbons (Fsp3) is 0.520. The fourth-order valence-electron chi connectivity index (χ4n) is 4.73. The van der Waals surface area contributed by atoms with Crippen LogP contribution in [0.2, 0.25) is 0 Å². The van der Waals surface area contributed by atoms with Crippen molar-refractivity contribution in [3.8, 4) is 17.2 Å². The summed E-state index contributed by atoms with van der Waals surface area (Å²) in [5, 5.41) is 0. The van der Waals surface area contributed by atoms with Crippen molar-refractivity contribution in [1.82, 2.24) is 0 Å². The van der Waals surface area contributed by atoms with Crippen LogP contribution in [0, 0.1) is 11.8 Å². The molecule has 1 heterocycles. The summed E-state index contributed by atoms with van der Waals surface area (Å²) < 4.78 is 22.7. The molecule has 0 saturated heterocycles. The van der Waals surface area contributed by atoms with E-state index in [4.69, 9.17) is 18.9 Å². The van der Waals surface area contributed by atoms with Crippen LogP contribution in [0.1, 0.15) is 38.2 Å². The van der Waals surface area contributed by atoms with E-state index < -0.39 is 5.97 Å². The molecule has 4 rings (SSSR count). The van der Waals surface area contributed by atoms with Crippen LogP contribution >= 0.6 is 11.8 Å². The lowest BCUT2D eigenvalue weighted by atomic mass is 9.76. The number of esters is 1. The molecule has 0 amide bonds. The Balaban J connectivity index is 1.97. The smallest absolute Gasteiger partial charge is 0.341 e. The largest absolute Gasteiger partial charge is 0.493 e. The number of ketones is 1. The van der Waals surface area contributed by atoms with Crippen molar-refractivity contribution in [3.05, 3.63) is 34.9 Å². The highest BCUT2D eigenvalue weighted by Crippen LogP contribution is 2.53. The molecule has 1 saturated carbocycles. The number of methoxy groups -OCH3 is 2. The zero-order chi connectivity index (χ0) is 22.8. The average Bonchev–Trinajstić information content (AvgIpc) is 3.61. The van der Waals surface area contributed by atoms with E-state index in [1.807, 2.05) is 18.4 Å². The van der Waals surface area contributed by atoms with E-state index in [1.54, 1.807) is 39.0 Å². The zero-order valence-corrected chi connectivity index (χ0v) is 19.9. The van der Waals surface area contributed by atoms with Gasteiger partial charge in [-0.05, 0) is 67.6 Å². The van der Waals surface area contributed by atoms with Gasteiger partial charge in [-0.25, -0.2) is 4.79 Å². The maximum Gasteiger partial charge on any atom is 0.341 e. The molecule has 32 heavy (non-hydrogen) atoms. The van der Waals surface area contributed by atoms with Crippen molar-refractivity contribution in [2.45, 2.75) is 38.7 Å². The van der Waals surface area contributed by atoms with Gasteiger partial charge in [-0.3, -0.25) is 4.79 Å². The normalized spacial score (nSPS) is 24.2. The van der Waals surface area contributed by atoms with Gasteiger partial charge in [-0.1, -0.05) is 0 Å². The van der Waals surface area contributed by atoms with E-state index in [0.717, 1.165) is 29.7 Å². The van der Waals surface area contributed by atoms with Crippen LogP contribution in [0.4, 0.5) is 0 Å². The lowest BCUT2D eigenvalue weighted by molar-refractivity contribution is -0.140. The summed E-state index contributed by atoms with van der Waals surface area (Å²) in [5.74, 6) is 2.77. The van der Waals surface area contributed by atoms with E-state index >= 15 is 0 Å². The van der Waals surface area contributed by atoms with Gasteiger partial charge in [-0.2, -0.15) is 11.8 Å². The predicted molar refractivity (Wildman–Crippen MR) is 124 cm³/mol. The van der Waals surface area contributed by atoms with Gasteiger partial charge >= 0.3 is 5.97 Å². The Morgan fingerprint density at radius 1 is 1.16 bits per heavy atom. The molecule has 0 spiro atoms. The number of rotatable bonds is 7. The van der Waals surface area contributed by atoms with E-state index in [9.17, 15) is 9.59 Å². The molecule has 7 heteroatoms. The third-order valence-corrected chi connectivity index (χ3v) is 7.00. The van der Waals surface area contributed by atoms with E-state index in [1.165, 1.54) is 5.57 Å². The van der Waals surface area contributed by atoms with E-state index in [-0.39, 0.29) is 30.0 Å². The minimum absolute atomic E-state index is 0.118. The molecule has 3 aliphatic rings. The van der Waals surface area contributed by atoms with Crippen LogP contribution in [0.5, 0.6) is 17.2 Å². The topological polar surface area (TPSA) is 71.1 Å². The summed E-state index contributed by atoms with van der Waals surface area (Å²) in [6.07, 6.45) is 6.84. The first kappa shape index (κ1) is 22.8. The van der Waals surface area contributed by atoms with Gasteiger partial charge in [0, 0.05) is 23.8 Å². The molecule has 0 N–H and O–H groups in total. The number of Topliss-reactive ketones (excluding diaryl/α,β-unsaturated/α-hetero) is 1. The molecule has 1 aromatic rings. The van der Waals surface area contributed by atoms with E-state index in [0.29, 0.717) is 36.0 Å². The standard InChI is InChI=1S/C25H30O6S/c1-5-30-25(27)16-10-17-23(13-32-4)31-20-12-22(29-3)21(28-2)11-18(20)24(17)15(14-6-7-14)8-9-19(16)26/h10-12,14-15,23H,5-9,13H2,1-4H3/b16-10+. The van der Waals surface area contributed by atoms with Crippen molar-refractivity contribution in [1.29, 1.82) is 0 Å². The van der Waals surface area contributed by atoms with Gasteiger partial charge in [0.15, 0.2) is 17.3 Å². The number of thioether (sulfide) groups is 1. The van der Waals surface area contributed by atoms with Crippen LogP contribution in [-0.4, -0.2) is 50.7 Å². The first-order chi connectivity index (χ1) is 15.5. The highest BCUT2D eigenvalue weighted by atomic mass is 32.2. The number of allylic oxidation sites excluding steroid dienone is 1. The predicted octanol–water partition coefficient (Wildman–Crippen LogP) is 4.46. The molecule has 6 nitrogen and oxygen atoms in total. The Bertz CT molecular complexity index is 975. The number of hydrogen-bond acceptors (Lipinski definition) is 7. The minimum Gasteiger partial charge on any atom is -0.493 e. The Morgan fingerprint density at radius 3 is 2.50 bits per heavy atom. The quantitative estimate of drug-likeness (QED) is 0.441. The molecule has 0 radical (unpaired) electrons. The number of ether oxygens (including phenoxy) is 4. The summed E-state index contributed by atoms with van der Waals surface area (Å²) in [6, 6.07) is 3.85. The Morgan fingerprint density at radius 2 is 1.88 bits per heavy atom. The lowest BCUT2D eigenvalue weighted by Gasteiger charge is -2.35. The lowest BCUT2D eigenvalue weighted by Crippen LogP contribution is -2.31. The molecule has 2 aliphatic carbocycles. The number of benzene rings is 1. The van der Waals surface area contributed by atoms with Crippen LogP contribution in [0.15, 0.2) is 29.4 Å². The monoisotopic (exact) mass is 458 g/mol. The number of carbonyl (C=O) groups is 2. The summed E-state index contributed by atoms with van der Waals surface area (Å²) in [6.45, 7) is 1.97. The molecular weight excluding hydrogens is 428 g/mol. The summed E-state index contributed by atoms with van der Waals surface area (Å²) >= 11 is 1.67. The number of fused-ring (bicyclic) bond motifs is 2. The van der Waals surface area contributed by atoms with Crippen molar-refractivity contribution in [2.24, 2.45) is 11.8 Å². The van der Waals surface area contributed by atoms with Crippen molar-refractivity contribution >= 4 is 29.1 Å². The molecule has 0 aromatic heterocycles. The number of hydrogen-bond donors (Lipinski definition) is 0. The average molecular weight is 459 g/mol. The van der Waals surface area contributed by atoms with Gasteiger partial charge in [-0.15, -0.1) is 0 Å². The zero-order valence-electron chi connectivity index (χ0n) is 19.1. The van der Waals surface area contributed by atoms with Crippen molar-refractivity contribution in [2.75, 3.05) is 32.8 Å². The third-order valence-electron chi connectivity index (χ3n) is 6.36. The van der Waals surface area contributed by atoms with Gasteiger partial charge in [0.1, 0.15) is 17.4 Å². The third kappa shape index (κ3) is 4.27. The molecule has 1 aromatic carbocycles. The fourth-order valence-corrected chi connectivity index (χ4v) is 5.28. The highest BCUT2D eigenvalue weighted by molar-refractivity contribution is 7.98. The SMILES string of the molecule is CCOC(=O)/C1=C/C2=C(c3cc(OC)c(OC)cc3OC2CSC)C(C2CC2)CCC1=O. The molecular formula is C25H30O6S. The van der Waals surface area contributed by atoms with Gasteiger partial charge < -0.3 is 18.9 Å². The second-order valence-electron chi connectivity index (χ2n) is 8.32. The van der Waals surface area contributed by atoms with Gasteiger partial charge in [0.2, 0.25) is 0 Å². The maximum atomic E-state index is 13.0. The Labute approximate surface area is 193 Å². The molecule has 2 unspecified atom stereocenters. The van der Waals surface area contributed by atoms with Crippen LogP contribution < -0.4 is 14.2 Å². The van der Waals surface area contributed by atoms with Crippen molar-refractivity contribution in [3.63, 3.8) is 0 Å². The minimum atomic E-state index is -0.560. The van der Waals surface area contributed by atoms with Crippen LogP contribution in [0.3, 0.4) is 0 Å². The van der Waals surface area contributed by atoms with Gasteiger partial charge in [0.05, 0.1) is 20.8 Å². The number of carbonyl (C=O) groups excluding carboxylic acids is 2. The second-order valence-corrected chi connectivity index (χ2v) is 9.23.